The first-order valence-corrected chi connectivity index (χ1v) is 23.1. The zero-order chi connectivity index (χ0) is 41.2. The Morgan fingerprint density at radius 2 is 0.903 bits per heavy atom. The van der Waals surface area contributed by atoms with Gasteiger partial charge in [-0.05, 0) is 176 Å². The van der Waals surface area contributed by atoms with Crippen molar-refractivity contribution in [2.45, 2.75) is 56.8 Å². The molecule has 0 saturated heterocycles. The summed E-state index contributed by atoms with van der Waals surface area (Å²) in [5.74, 6) is 3.25. The van der Waals surface area contributed by atoms with Crippen LogP contribution in [0.15, 0.2) is 188 Å². The molecule has 8 aromatic carbocycles. The van der Waals surface area contributed by atoms with E-state index in [2.05, 4.69) is 207 Å². The van der Waals surface area contributed by atoms with Crippen LogP contribution in [0.4, 0.5) is 17.1 Å². The maximum atomic E-state index is 2.62. The van der Waals surface area contributed by atoms with Gasteiger partial charge in [-0.3, -0.25) is 0 Å². The second-order valence-corrected chi connectivity index (χ2v) is 19.7. The number of hydrogen-bond acceptors (Lipinski definition) is 1. The lowest BCUT2D eigenvalue weighted by Gasteiger charge is -2.61. The molecule has 0 heterocycles. The molecule has 4 fully saturated rings. The van der Waals surface area contributed by atoms with Crippen LogP contribution in [-0.2, 0) is 10.8 Å². The Hall–Kier alpha value is -6.44. The van der Waals surface area contributed by atoms with Crippen molar-refractivity contribution in [3.8, 4) is 55.6 Å². The van der Waals surface area contributed by atoms with Crippen molar-refractivity contribution in [2.24, 2.45) is 23.7 Å². The zero-order valence-electron chi connectivity index (χ0n) is 35.7. The highest BCUT2D eigenvalue weighted by Crippen LogP contribution is 2.70. The second kappa shape index (κ2) is 13.5. The molecule has 0 aromatic heterocycles. The van der Waals surface area contributed by atoms with Gasteiger partial charge in [-0.2, -0.15) is 0 Å². The van der Waals surface area contributed by atoms with E-state index in [9.17, 15) is 0 Å². The fourth-order valence-electron chi connectivity index (χ4n) is 13.8. The Labute approximate surface area is 366 Å². The van der Waals surface area contributed by atoms with Crippen LogP contribution in [0, 0.1) is 23.7 Å². The Balaban J connectivity index is 0.955. The molecule has 0 aliphatic heterocycles. The third kappa shape index (κ3) is 5.21. The van der Waals surface area contributed by atoms with Gasteiger partial charge >= 0.3 is 0 Å². The first-order chi connectivity index (χ1) is 30.4. The van der Waals surface area contributed by atoms with E-state index in [4.69, 9.17) is 0 Å². The van der Waals surface area contributed by atoms with Crippen molar-refractivity contribution in [3.05, 3.63) is 210 Å². The minimum absolute atomic E-state index is 0.0446. The van der Waals surface area contributed by atoms with E-state index in [1.165, 1.54) is 105 Å². The van der Waals surface area contributed by atoms with Crippen LogP contribution in [-0.4, -0.2) is 0 Å². The summed E-state index contributed by atoms with van der Waals surface area (Å²) >= 11 is 0. The van der Waals surface area contributed by atoms with E-state index in [-0.39, 0.29) is 10.8 Å². The highest BCUT2D eigenvalue weighted by atomic mass is 15.1. The number of fused-ring (bicyclic) bond motifs is 6. The number of anilines is 3. The van der Waals surface area contributed by atoms with Crippen molar-refractivity contribution in [1.82, 2.24) is 0 Å². The Bertz CT molecular complexity index is 3020. The third-order valence-electron chi connectivity index (χ3n) is 16.3. The predicted octanol–water partition coefficient (Wildman–Crippen LogP) is 16.2. The normalized spacial score (nSPS) is 22.9. The fourth-order valence-corrected chi connectivity index (χ4v) is 13.8. The average molecular weight is 798 g/mol. The predicted molar refractivity (Wildman–Crippen MR) is 258 cm³/mol. The summed E-state index contributed by atoms with van der Waals surface area (Å²) in [4.78, 5) is 2.46. The molecule has 6 aliphatic carbocycles. The molecular weight excluding hydrogens is 747 g/mol. The molecule has 14 rings (SSSR count). The number of hydrogen-bond donors (Lipinski definition) is 0. The van der Waals surface area contributed by atoms with E-state index in [1.54, 1.807) is 11.1 Å². The molecule has 4 saturated carbocycles. The minimum atomic E-state index is -0.0446. The molecule has 0 unspecified atom stereocenters. The molecule has 4 bridgehead atoms. The number of rotatable bonds is 6. The van der Waals surface area contributed by atoms with Gasteiger partial charge in [-0.1, -0.05) is 159 Å². The lowest BCUT2D eigenvalue weighted by Crippen LogP contribution is -2.55. The van der Waals surface area contributed by atoms with E-state index >= 15 is 0 Å². The third-order valence-corrected chi connectivity index (χ3v) is 16.3. The molecule has 1 nitrogen and oxygen atoms in total. The Morgan fingerprint density at radius 1 is 0.355 bits per heavy atom. The summed E-state index contributed by atoms with van der Waals surface area (Å²) in [6.07, 6.45) is 6.99. The summed E-state index contributed by atoms with van der Waals surface area (Å²) in [6.45, 7) is 4.73. The monoisotopic (exact) mass is 797 g/mol. The summed E-state index contributed by atoms with van der Waals surface area (Å²) in [5, 5.41) is 0. The SMILES string of the molecule is CC1(C)c2ccccc2-c2cc(N(c3ccc(-c4cccc5c4-c4ccc(-c6ccccc6)cc4C54C5CC6CC(C5)CC4C6)cc3)c3cccc(-c4ccccc4)c3)ccc21. The van der Waals surface area contributed by atoms with Crippen LogP contribution in [0.25, 0.3) is 55.6 Å². The quantitative estimate of drug-likeness (QED) is 0.162. The van der Waals surface area contributed by atoms with Gasteiger partial charge in [-0.25, -0.2) is 0 Å². The van der Waals surface area contributed by atoms with E-state index < -0.39 is 0 Å². The van der Waals surface area contributed by atoms with Crippen molar-refractivity contribution in [1.29, 1.82) is 0 Å². The summed E-state index contributed by atoms with van der Waals surface area (Å²) in [6, 6.07) is 71.3. The van der Waals surface area contributed by atoms with Gasteiger partial charge in [0.05, 0.1) is 0 Å². The molecule has 0 N–H and O–H groups in total. The van der Waals surface area contributed by atoms with E-state index in [1.807, 2.05) is 0 Å². The lowest BCUT2D eigenvalue weighted by molar-refractivity contribution is -0.0399. The van der Waals surface area contributed by atoms with Crippen molar-refractivity contribution >= 4 is 17.1 Å². The molecular formula is C61H51N. The van der Waals surface area contributed by atoms with Gasteiger partial charge in [0.25, 0.3) is 0 Å². The Kier molecular flexibility index (Phi) is 7.91. The standard InChI is InChI=1S/C61H51N/c1-60(2)55-21-10-9-19-52(55)54-38-50(28-30-56(54)60)62(49-18-11-17-44(36-49)41-13-5-3-6-14-41)48-26-23-43(24-27-48)51-20-12-22-57-59(51)53-29-25-45(42-15-7-4-8-16-42)37-58(53)61(57)46-32-39-31-40(34-46)35-47(61)33-39/h3-30,36-40,46-47H,31-35H2,1-2H3. The van der Waals surface area contributed by atoms with Gasteiger partial charge in [0.1, 0.15) is 0 Å². The van der Waals surface area contributed by atoms with Gasteiger partial charge in [-0.15, -0.1) is 0 Å². The summed E-state index contributed by atoms with van der Waals surface area (Å²) in [7, 11) is 0. The highest BCUT2D eigenvalue weighted by molar-refractivity contribution is 5.95. The topological polar surface area (TPSA) is 3.24 Å². The highest BCUT2D eigenvalue weighted by Gasteiger charge is 2.61. The average Bonchev–Trinajstić information content (AvgIpc) is 3.74. The smallest absolute Gasteiger partial charge is 0.0468 e. The first kappa shape index (κ1) is 36.2. The second-order valence-electron chi connectivity index (χ2n) is 19.7. The largest absolute Gasteiger partial charge is 0.310 e. The number of benzene rings is 8. The molecule has 0 radical (unpaired) electrons. The molecule has 62 heavy (non-hydrogen) atoms. The number of nitrogens with zero attached hydrogens (tertiary/aromatic N) is 1. The maximum Gasteiger partial charge on any atom is 0.0468 e. The first-order valence-electron chi connectivity index (χ1n) is 23.1. The van der Waals surface area contributed by atoms with Crippen molar-refractivity contribution < 1.29 is 0 Å². The maximum absolute atomic E-state index is 2.62. The molecule has 0 atom stereocenters. The van der Waals surface area contributed by atoms with Crippen LogP contribution >= 0.6 is 0 Å². The fraction of sp³-hybridized carbons (Fsp3) is 0.213. The molecule has 1 spiro atoms. The summed E-state index contributed by atoms with van der Waals surface area (Å²) in [5.41, 5.74) is 22.9. The lowest BCUT2D eigenvalue weighted by atomic mass is 9.43. The van der Waals surface area contributed by atoms with Gasteiger partial charge in [0.2, 0.25) is 0 Å². The van der Waals surface area contributed by atoms with Crippen LogP contribution < -0.4 is 4.90 Å². The van der Waals surface area contributed by atoms with Crippen molar-refractivity contribution in [2.75, 3.05) is 4.90 Å². The molecule has 1 heteroatoms. The molecule has 8 aromatic rings. The van der Waals surface area contributed by atoms with E-state index in [0.717, 1.165) is 23.2 Å². The minimum Gasteiger partial charge on any atom is -0.310 e. The van der Waals surface area contributed by atoms with Crippen LogP contribution in [0.2, 0.25) is 0 Å². The molecule has 6 aliphatic rings. The van der Waals surface area contributed by atoms with Gasteiger partial charge in [0.15, 0.2) is 0 Å². The van der Waals surface area contributed by atoms with Crippen LogP contribution in [0.3, 0.4) is 0 Å². The molecule has 0 amide bonds. The van der Waals surface area contributed by atoms with E-state index in [0.29, 0.717) is 11.8 Å². The molecule has 300 valence electrons. The van der Waals surface area contributed by atoms with Crippen LogP contribution in [0.1, 0.15) is 68.2 Å². The summed E-state index contributed by atoms with van der Waals surface area (Å²) < 4.78 is 0. The zero-order valence-corrected chi connectivity index (χ0v) is 35.7. The van der Waals surface area contributed by atoms with Gasteiger partial charge in [0, 0.05) is 27.9 Å². The Morgan fingerprint density at radius 3 is 1.63 bits per heavy atom. The van der Waals surface area contributed by atoms with Crippen LogP contribution in [0.5, 0.6) is 0 Å². The van der Waals surface area contributed by atoms with Gasteiger partial charge < -0.3 is 4.90 Å². The van der Waals surface area contributed by atoms with Crippen molar-refractivity contribution in [3.63, 3.8) is 0 Å².